The van der Waals surface area contributed by atoms with Gasteiger partial charge in [0.05, 0.1) is 21.3 Å². The Morgan fingerprint density at radius 3 is 1.84 bits per heavy atom. The molecular formula is C14H20O5. The van der Waals surface area contributed by atoms with Gasteiger partial charge in [0.15, 0.2) is 11.5 Å². The summed E-state index contributed by atoms with van der Waals surface area (Å²) in [5, 5.41) is 7.42. The second-order valence-electron chi connectivity index (χ2n) is 3.47. The minimum absolute atomic E-state index is 0.669. The van der Waals surface area contributed by atoms with Crippen molar-refractivity contribution in [2.24, 2.45) is 0 Å². The molecule has 0 aliphatic rings. The molecule has 0 saturated carbocycles. The van der Waals surface area contributed by atoms with Gasteiger partial charge in [-0.25, -0.2) is 0 Å². The van der Waals surface area contributed by atoms with Crippen LogP contribution in [0.4, 0.5) is 0 Å². The van der Waals surface area contributed by atoms with Gasteiger partial charge >= 0.3 is 0 Å². The first kappa shape index (κ1) is 16.8. The van der Waals surface area contributed by atoms with Gasteiger partial charge in [-0.3, -0.25) is 4.79 Å². The molecule has 0 spiro atoms. The van der Waals surface area contributed by atoms with E-state index >= 15 is 0 Å². The maximum Gasteiger partial charge on any atom is 0.300 e. The first-order valence-electron chi connectivity index (χ1n) is 5.62. The van der Waals surface area contributed by atoms with Crippen molar-refractivity contribution in [3.63, 3.8) is 0 Å². The van der Waals surface area contributed by atoms with E-state index < -0.39 is 5.97 Å². The Morgan fingerprint density at radius 1 is 1.05 bits per heavy atom. The molecule has 5 heteroatoms. The minimum Gasteiger partial charge on any atom is -0.496 e. The van der Waals surface area contributed by atoms with Crippen LogP contribution in [0, 0.1) is 0 Å². The summed E-state index contributed by atoms with van der Waals surface area (Å²) in [6.45, 7) is 3.04. The lowest BCUT2D eigenvalue weighted by Gasteiger charge is -2.11. The van der Waals surface area contributed by atoms with Crippen molar-refractivity contribution in [2.75, 3.05) is 21.3 Å². The first-order chi connectivity index (χ1) is 8.99. The molecule has 1 aromatic carbocycles. The fraction of sp³-hybridized carbons (Fsp3) is 0.357. The van der Waals surface area contributed by atoms with Crippen LogP contribution in [0.15, 0.2) is 18.2 Å². The monoisotopic (exact) mass is 268 g/mol. The molecule has 5 nitrogen and oxygen atoms in total. The molecule has 0 aliphatic carbocycles. The summed E-state index contributed by atoms with van der Waals surface area (Å²) >= 11 is 0. The van der Waals surface area contributed by atoms with Crippen LogP contribution >= 0.6 is 0 Å². The molecule has 0 aliphatic heterocycles. The summed E-state index contributed by atoms with van der Waals surface area (Å²) in [4.78, 5) is 9.00. The van der Waals surface area contributed by atoms with Gasteiger partial charge in [0.25, 0.3) is 5.97 Å². The van der Waals surface area contributed by atoms with Crippen molar-refractivity contribution in [1.29, 1.82) is 0 Å². The smallest absolute Gasteiger partial charge is 0.300 e. The molecule has 106 valence electrons. The van der Waals surface area contributed by atoms with Crippen molar-refractivity contribution in [3.05, 3.63) is 23.8 Å². The third-order valence-corrected chi connectivity index (χ3v) is 2.08. The SMILES string of the molecule is C/C=C/c1cc(OC)c(OC)cc1OC.CC(=O)O. The van der Waals surface area contributed by atoms with Crippen molar-refractivity contribution in [2.45, 2.75) is 13.8 Å². The fourth-order valence-electron chi connectivity index (χ4n) is 1.36. The number of carbonyl (C=O) groups is 1. The van der Waals surface area contributed by atoms with E-state index in [2.05, 4.69) is 0 Å². The van der Waals surface area contributed by atoms with Crippen LogP contribution in [-0.2, 0) is 4.79 Å². The van der Waals surface area contributed by atoms with Crippen LogP contribution in [0.2, 0.25) is 0 Å². The number of methoxy groups -OCH3 is 3. The van der Waals surface area contributed by atoms with Gasteiger partial charge in [-0.05, 0) is 13.0 Å². The first-order valence-corrected chi connectivity index (χ1v) is 5.62. The van der Waals surface area contributed by atoms with Crippen molar-refractivity contribution in [3.8, 4) is 17.2 Å². The normalized spacial score (nSPS) is 9.53. The maximum absolute atomic E-state index is 9.00. The zero-order chi connectivity index (χ0) is 14.8. The molecule has 19 heavy (non-hydrogen) atoms. The molecular weight excluding hydrogens is 248 g/mol. The number of carboxylic acids is 1. The number of hydrogen-bond acceptors (Lipinski definition) is 4. The highest BCUT2D eigenvalue weighted by Gasteiger charge is 2.09. The van der Waals surface area contributed by atoms with Crippen LogP contribution in [0.25, 0.3) is 6.08 Å². The van der Waals surface area contributed by atoms with E-state index in [0.29, 0.717) is 11.5 Å². The summed E-state index contributed by atoms with van der Waals surface area (Å²) < 4.78 is 15.6. The van der Waals surface area contributed by atoms with E-state index in [0.717, 1.165) is 18.2 Å². The molecule has 0 fully saturated rings. The molecule has 0 aromatic heterocycles. The van der Waals surface area contributed by atoms with Gasteiger partial charge in [-0.2, -0.15) is 0 Å². The molecule has 0 bridgehead atoms. The van der Waals surface area contributed by atoms with Gasteiger partial charge in [0.1, 0.15) is 5.75 Å². The molecule has 1 aromatic rings. The fourth-order valence-corrected chi connectivity index (χ4v) is 1.36. The van der Waals surface area contributed by atoms with E-state index in [-0.39, 0.29) is 0 Å². The lowest BCUT2D eigenvalue weighted by Crippen LogP contribution is -1.94. The largest absolute Gasteiger partial charge is 0.496 e. The Balaban J connectivity index is 0.000000711. The standard InChI is InChI=1S/C12H16O3.C2H4O2/c1-5-6-9-7-11(14-3)12(15-4)8-10(9)13-2;1-2(3)4/h5-8H,1-4H3;1H3,(H,3,4)/b6-5+;. The number of aliphatic carboxylic acids is 1. The Labute approximate surface area is 113 Å². The molecule has 0 amide bonds. The highest BCUT2D eigenvalue weighted by Crippen LogP contribution is 2.35. The number of rotatable bonds is 4. The number of carboxylic acid groups (broad SMARTS) is 1. The Kier molecular flexibility index (Phi) is 7.84. The van der Waals surface area contributed by atoms with Crippen LogP contribution in [0.1, 0.15) is 19.4 Å². The molecule has 1 N–H and O–H groups in total. The van der Waals surface area contributed by atoms with E-state index in [9.17, 15) is 0 Å². The van der Waals surface area contributed by atoms with Gasteiger partial charge < -0.3 is 19.3 Å². The summed E-state index contributed by atoms with van der Waals surface area (Å²) in [5.41, 5.74) is 0.970. The van der Waals surface area contributed by atoms with E-state index in [4.69, 9.17) is 24.1 Å². The van der Waals surface area contributed by atoms with Gasteiger partial charge in [0.2, 0.25) is 0 Å². The van der Waals surface area contributed by atoms with E-state index in [1.807, 2.05) is 31.2 Å². The summed E-state index contributed by atoms with van der Waals surface area (Å²) in [5.74, 6) is 1.31. The van der Waals surface area contributed by atoms with Gasteiger partial charge in [0, 0.05) is 18.6 Å². The highest BCUT2D eigenvalue weighted by atomic mass is 16.5. The van der Waals surface area contributed by atoms with Crippen LogP contribution < -0.4 is 14.2 Å². The topological polar surface area (TPSA) is 65.0 Å². The average Bonchev–Trinajstić information content (AvgIpc) is 2.37. The zero-order valence-corrected chi connectivity index (χ0v) is 11.9. The molecule has 1 rings (SSSR count). The van der Waals surface area contributed by atoms with Gasteiger partial charge in [-0.15, -0.1) is 0 Å². The van der Waals surface area contributed by atoms with E-state index in [1.54, 1.807) is 21.3 Å². The third-order valence-electron chi connectivity index (χ3n) is 2.08. The lowest BCUT2D eigenvalue weighted by molar-refractivity contribution is -0.134. The van der Waals surface area contributed by atoms with E-state index in [1.165, 1.54) is 0 Å². The number of benzene rings is 1. The molecule has 0 unspecified atom stereocenters. The van der Waals surface area contributed by atoms with Gasteiger partial charge in [-0.1, -0.05) is 12.2 Å². The zero-order valence-electron chi connectivity index (χ0n) is 11.9. The number of allylic oxidation sites excluding steroid dienone is 1. The Hall–Kier alpha value is -2.17. The van der Waals surface area contributed by atoms with Crippen LogP contribution in [0.3, 0.4) is 0 Å². The number of ether oxygens (including phenoxy) is 3. The van der Waals surface area contributed by atoms with Crippen LogP contribution in [-0.4, -0.2) is 32.4 Å². The molecule has 0 radical (unpaired) electrons. The predicted molar refractivity (Wildman–Crippen MR) is 74.1 cm³/mol. The summed E-state index contributed by atoms with van der Waals surface area (Å²) in [6, 6.07) is 3.70. The second kappa shape index (κ2) is 8.85. The molecule has 0 saturated heterocycles. The Bertz CT molecular complexity index is 434. The number of hydrogen-bond donors (Lipinski definition) is 1. The molecule has 0 atom stereocenters. The molecule has 0 heterocycles. The minimum atomic E-state index is -0.833. The summed E-state index contributed by atoms with van der Waals surface area (Å²) in [6.07, 6.45) is 3.91. The quantitative estimate of drug-likeness (QED) is 0.909. The second-order valence-corrected chi connectivity index (χ2v) is 3.47. The Morgan fingerprint density at radius 2 is 1.47 bits per heavy atom. The van der Waals surface area contributed by atoms with Crippen molar-refractivity contribution < 1.29 is 24.1 Å². The summed E-state index contributed by atoms with van der Waals surface area (Å²) in [7, 11) is 4.85. The maximum atomic E-state index is 9.00. The van der Waals surface area contributed by atoms with Crippen molar-refractivity contribution in [1.82, 2.24) is 0 Å². The van der Waals surface area contributed by atoms with Crippen LogP contribution in [0.5, 0.6) is 17.2 Å². The third kappa shape index (κ3) is 5.81. The van der Waals surface area contributed by atoms with Crippen molar-refractivity contribution >= 4 is 12.0 Å². The average molecular weight is 268 g/mol. The lowest BCUT2D eigenvalue weighted by atomic mass is 10.1. The predicted octanol–water partition coefficient (Wildman–Crippen LogP) is 2.84. The highest BCUT2D eigenvalue weighted by molar-refractivity contribution is 5.63.